The first kappa shape index (κ1) is 8.57. The van der Waals surface area contributed by atoms with Gasteiger partial charge < -0.3 is 11.1 Å². The highest BCUT2D eigenvalue weighted by atomic mass is 14.9. The van der Waals surface area contributed by atoms with Crippen molar-refractivity contribution in [1.29, 1.82) is 0 Å². The van der Waals surface area contributed by atoms with Gasteiger partial charge in [-0.3, -0.25) is 0 Å². The van der Waals surface area contributed by atoms with Crippen LogP contribution in [0.5, 0.6) is 0 Å². The van der Waals surface area contributed by atoms with Crippen LogP contribution in [0.2, 0.25) is 0 Å². The minimum Gasteiger partial charge on any atom is -0.383 e. The van der Waals surface area contributed by atoms with Crippen LogP contribution in [-0.2, 0) is 0 Å². The Morgan fingerprint density at radius 3 is 2.46 bits per heavy atom. The molecule has 2 heteroatoms. The average molecular weight is 176 g/mol. The Bertz CT molecular complexity index is 265. The Balaban J connectivity index is 1.86. The fraction of sp³-hybridized carbons (Fsp3) is 0.455. The third kappa shape index (κ3) is 2.01. The molecule has 2 nitrogen and oxygen atoms in total. The minimum absolute atomic E-state index is 0.0653. The fourth-order valence-electron chi connectivity index (χ4n) is 1.64. The number of anilines is 1. The van der Waals surface area contributed by atoms with Crippen molar-refractivity contribution in [1.82, 2.24) is 0 Å². The third-order valence-corrected chi connectivity index (χ3v) is 2.77. The lowest BCUT2D eigenvalue weighted by Gasteiger charge is -2.38. The van der Waals surface area contributed by atoms with Gasteiger partial charge in [0.15, 0.2) is 0 Å². The molecule has 0 unspecified atom stereocenters. The fourth-order valence-corrected chi connectivity index (χ4v) is 1.64. The molecule has 13 heavy (non-hydrogen) atoms. The molecule has 3 N–H and O–H groups in total. The molecular weight excluding hydrogens is 160 g/mol. The van der Waals surface area contributed by atoms with Crippen molar-refractivity contribution < 1.29 is 0 Å². The predicted molar refractivity (Wildman–Crippen MR) is 55.7 cm³/mol. The molecule has 1 fully saturated rings. The van der Waals surface area contributed by atoms with Crippen molar-refractivity contribution in [3.8, 4) is 0 Å². The van der Waals surface area contributed by atoms with Gasteiger partial charge in [-0.1, -0.05) is 18.2 Å². The van der Waals surface area contributed by atoms with E-state index in [2.05, 4.69) is 17.4 Å². The second kappa shape index (κ2) is 3.38. The number of rotatable bonds is 3. The van der Waals surface area contributed by atoms with Gasteiger partial charge in [0.2, 0.25) is 0 Å². The lowest BCUT2D eigenvalue weighted by atomic mass is 9.78. The van der Waals surface area contributed by atoms with Crippen molar-refractivity contribution in [2.24, 2.45) is 5.73 Å². The Morgan fingerprint density at radius 1 is 1.23 bits per heavy atom. The average Bonchev–Trinajstić information content (AvgIpc) is 2.13. The summed E-state index contributed by atoms with van der Waals surface area (Å²) in [4.78, 5) is 0. The monoisotopic (exact) mass is 176 g/mol. The Labute approximate surface area is 79.1 Å². The normalized spacial score (nSPS) is 19.2. The Morgan fingerprint density at radius 2 is 1.92 bits per heavy atom. The van der Waals surface area contributed by atoms with E-state index in [4.69, 9.17) is 5.73 Å². The second-order valence-electron chi connectivity index (χ2n) is 3.94. The van der Waals surface area contributed by atoms with Crippen molar-refractivity contribution in [3.05, 3.63) is 30.3 Å². The lowest BCUT2D eigenvalue weighted by molar-refractivity contribution is 0.265. The van der Waals surface area contributed by atoms with Gasteiger partial charge >= 0.3 is 0 Å². The van der Waals surface area contributed by atoms with E-state index in [1.807, 2.05) is 18.2 Å². The zero-order chi connectivity index (χ0) is 9.15. The standard InChI is InChI=1S/C11H16N2/c12-11(7-4-8-11)9-13-10-5-2-1-3-6-10/h1-3,5-6,13H,4,7-9,12H2. The van der Waals surface area contributed by atoms with E-state index < -0.39 is 0 Å². The summed E-state index contributed by atoms with van der Waals surface area (Å²) in [6.07, 6.45) is 3.60. The van der Waals surface area contributed by atoms with Crippen LogP contribution in [0.25, 0.3) is 0 Å². The zero-order valence-electron chi connectivity index (χ0n) is 7.79. The van der Waals surface area contributed by atoms with E-state index in [1.54, 1.807) is 0 Å². The van der Waals surface area contributed by atoms with Crippen LogP contribution in [0.1, 0.15) is 19.3 Å². The molecule has 1 aromatic rings. The largest absolute Gasteiger partial charge is 0.383 e. The van der Waals surface area contributed by atoms with E-state index >= 15 is 0 Å². The summed E-state index contributed by atoms with van der Waals surface area (Å²) in [6, 6.07) is 10.2. The van der Waals surface area contributed by atoms with E-state index in [1.165, 1.54) is 12.1 Å². The van der Waals surface area contributed by atoms with Crippen molar-refractivity contribution >= 4 is 5.69 Å². The van der Waals surface area contributed by atoms with Gasteiger partial charge in [0.1, 0.15) is 0 Å². The summed E-state index contributed by atoms with van der Waals surface area (Å²) >= 11 is 0. The molecule has 0 atom stereocenters. The molecule has 1 aromatic carbocycles. The molecule has 1 aliphatic rings. The molecule has 0 bridgehead atoms. The summed E-state index contributed by atoms with van der Waals surface area (Å²) < 4.78 is 0. The molecule has 2 rings (SSSR count). The summed E-state index contributed by atoms with van der Waals surface area (Å²) in [5.41, 5.74) is 7.32. The number of nitrogens with two attached hydrogens (primary N) is 1. The van der Waals surface area contributed by atoms with Crippen molar-refractivity contribution in [2.75, 3.05) is 11.9 Å². The molecular formula is C11H16N2. The van der Waals surface area contributed by atoms with Crippen LogP contribution in [0.4, 0.5) is 5.69 Å². The van der Waals surface area contributed by atoms with Gasteiger partial charge in [0.25, 0.3) is 0 Å². The van der Waals surface area contributed by atoms with Gasteiger partial charge in [-0.2, -0.15) is 0 Å². The molecule has 0 radical (unpaired) electrons. The first-order chi connectivity index (χ1) is 6.29. The second-order valence-corrected chi connectivity index (χ2v) is 3.94. The topological polar surface area (TPSA) is 38.0 Å². The smallest absolute Gasteiger partial charge is 0.0340 e. The van der Waals surface area contributed by atoms with E-state index in [0.29, 0.717) is 0 Å². The number of para-hydroxylation sites is 1. The highest BCUT2D eigenvalue weighted by Gasteiger charge is 2.31. The minimum atomic E-state index is 0.0653. The zero-order valence-corrected chi connectivity index (χ0v) is 7.79. The first-order valence-corrected chi connectivity index (χ1v) is 4.86. The SMILES string of the molecule is NC1(CNc2ccccc2)CCC1. The van der Waals surface area contributed by atoms with Gasteiger partial charge in [-0.15, -0.1) is 0 Å². The van der Waals surface area contributed by atoms with Crippen LogP contribution in [0.15, 0.2) is 30.3 Å². The highest BCUT2D eigenvalue weighted by Crippen LogP contribution is 2.29. The number of nitrogens with one attached hydrogen (secondary N) is 1. The van der Waals surface area contributed by atoms with Gasteiger partial charge in [-0.25, -0.2) is 0 Å². The maximum atomic E-state index is 6.09. The highest BCUT2D eigenvalue weighted by molar-refractivity contribution is 5.43. The summed E-state index contributed by atoms with van der Waals surface area (Å²) in [5, 5.41) is 3.36. The molecule has 0 saturated heterocycles. The summed E-state index contributed by atoms with van der Waals surface area (Å²) in [7, 11) is 0. The number of benzene rings is 1. The molecule has 1 saturated carbocycles. The number of hydrogen-bond donors (Lipinski definition) is 2. The number of hydrogen-bond acceptors (Lipinski definition) is 2. The van der Waals surface area contributed by atoms with E-state index in [9.17, 15) is 0 Å². The molecule has 0 aliphatic heterocycles. The molecule has 70 valence electrons. The van der Waals surface area contributed by atoms with Gasteiger partial charge in [-0.05, 0) is 31.4 Å². The predicted octanol–water partition coefficient (Wildman–Crippen LogP) is 1.98. The van der Waals surface area contributed by atoms with Crippen LogP contribution in [0, 0.1) is 0 Å². The molecule has 0 spiro atoms. The maximum Gasteiger partial charge on any atom is 0.0340 e. The van der Waals surface area contributed by atoms with Crippen LogP contribution >= 0.6 is 0 Å². The Hall–Kier alpha value is -1.02. The van der Waals surface area contributed by atoms with Crippen molar-refractivity contribution in [2.45, 2.75) is 24.8 Å². The van der Waals surface area contributed by atoms with Crippen LogP contribution < -0.4 is 11.1 Å². The maximum absolute atomic E-state index is 6.09. The quantitative estimate of drug-likeness (QED) is 0.739. The molecule has 0 heterocycles. The van der Waals surface area contributed by atoms with Crippen molar-refractivity contribution in [3.63, 3.8) is 0 Å². The summed E-state index contributed by atoms with van der Waals surface area (Å²) in [5.74, 6) is 0. The molecule has 1 aliphatic carbocycles. The lowest BCUT2D eigenvalue weighted by Crippen LogP contribution is -2.51. The first-order valence-electron chi connectivity index (χ1n) is 4.86. The summed E-state index contributed by atoms with van der Waals surface area (Å²) in [6.45, 7) is 0.900. The molecule has 0 aromatic heterocycles. The van der Waals surface area contributed by atoms with Gasteiger partial charge in [0.05, 0.1) is 0 Å². The van der Waals surface area contributed by atoms with Gasteiger partial charge in [0, 0.05) is 17.8 Å². The van der Waals surface area contributed by atoms with Crippen LogP contribution in [-0.4, -0.2) is 12.1 Å². The molecule has 0 amide bonds. The van der Waals surface area contributed by atoms with E-state index in [0.717, 1.165) is 19.4 Å². The third-order valence-electron chi connectivity index (χ3n) is 2.77. The van der Waals surface area contributed by atoms with E-state index in [-0.39, 0.29) is 5.54 Å². The Kier molecular flexibility index (Phi) is 2.23. The van der Waals surface area contributed by atoms with Crippen LogP contribution in [0.3, 0.4) is 0 Å².